The number of unbranched alkanes of at least 4 members (excludes halogenated alkanes) is 1. The molecule has 1 aromatic heterocycles. The first kappa shape index (κ1) is 29.3. The molecule has 4 rings (SSSR count). The average Bonchev–Trinajstić information content (AvgIpc) is 3.32. The predicted octanol–water partition coefficient (Wildman–Crippen LogP) is 2.51. The molecule has 0 bridgehead atoms. The zero-order chi connectivity index (χ0) is 27.9. The molecule has 2 fully saturated rings. The summed E-state index contributed by atoms with van der Waals surface area (Å²) in [6, 6.07) is -0.403. The van der Waals surface area contributed by atoms with Crippen molar-refractivity contribution in [1.82, 2.24) is 24.3 Å². The van der Waals surface area contributed by atoms with E-state index in [0.717, 1.165) is 56.6 Å². The number of hydrogen-bond donors (Lipinski definition) is 1. The zero-order valence-corrected chi connectivity index (χ0v) is 23.8. The Balaban J connectivity index is 1.62. The number of rotatable bonds is 10. The van der Waals surface area contributed by atoms with E-state index in [-0.39, 0.29) is 30.8 Å². The molecular weight excluding hydrogens is 502 g/mol. The zero-order valence-electron chi connectivity index (χ0n) is 23.8. The van der Waals surface area contributed by atoms with Crippen LogP contribution < -0.4 is 0 Å². The van der Waals surface area contributed by atoms with Crippen LogP contribution in [0, 0.1) is 11.8 Å². The smallest absolute Gasteiger partial charge is 0.407 e. The van der Waals surface area contributed by atoms with Crippen molar-refractivity contribution < 1.29 is 29.0 Å². The number of likely N-dealkylation sites (tertiary alicyclic amines) is 1. The number of ether oxygens (including phenoxy) is 2. The maximum absolute atomic E-state index is 14.3. The number of aromatic nitrogens is 2. The highest BCUT2D eigenvalue weighted by Crippen LogP contribution is 2.28. The largest absolute Gasteiger partial charge is 0.465 e. The third kappa shape index (κ3) is 7.11. The minimum Gasteiger partial charge on any atom is -0.465 e. The molecule has 0 aromatic carbocycles. The topological polar surface area (TPSA) is 117 Å². The number of carbonyl (C=O) groups excluding carboxylic acids is 2. The Kier molecular flexibility index (Phi) is 10.2. The van der Waals surface area contributed by atoms with Gasteiger partial charge in [0, 0.05) is 59.4 Å². The van der Waals surface area contributed by atoms with Gasteiger partial charge in [0.2, 0.25) is 5.91 Å². The van der Waals surface area contributed by atoms with Crippen LogP contribution in [0.25, 0.3) is 0 Å². The van der Waals surface area contributed by atoms with Crippen molar-refractivity contribution in [3.8, 4) is 0 Å². The summed E-state index contributed by atoms with van der Waals surface area (Å²) in [5, 5.41) is 9.93. The molecule has 0 aliphatic carbocycles. The van der Waals surface area contributed by atoms with Gasteiger partial charge in [-0.2, -0.15) is 0 Å². The van der Waals surface area contributed by atoms with Crippen LogP contribution in [-0.4, -0.2) is 113 Å². The molecule has 0 saturated carbocycles. The second kappa shape index (κ2) is 13.6. The number of imidazole rings is 1. The van der Waals surface area contributed by atoms with Crippen LogP contribution in [0.3, 0.4) is 0 Å². The van der Waals surface area contributed by atoms with Crippen molar-refractivity contribution in [2.45, 2.75) is 71.4 Å². The van der Waals surface area contributed by atoms with E-state index in [0.29, 0.717) is 51.6 Å². The molecule has 218 valence electrons. The lowest BCUT2D eigenvalue weighted by molar-refractivity contribution is -0.142. The van der Waals surface area contributed by atoms with Crippen molar-refractivity contribution in [1.29, 1.82) is 0 Å². The summed E-state index contributed by atoms with van der Waals surface area (Å²) in [5.74, 6) is 0.436. The van der Waals surface area contributed by atoms with Gasteiger partial charge in [0.1, 0.15) is 11.5 Å². The van der Waals surface area contributed by atoms with Crippen LogP contribution in [0.15, 0.2) is 0 Å². The Hall–Kier alpha value is -2.66. The maximum atomic E-state index is 14.3. The third-order valence-corrected chi connectivity index (χ3v) is 8.03. The Morgan fingerprint density at radius 1 is 1.10 bits per heavy atom. The summed E-state index contributed by atoms with van der Waals surface area (Å²) in [4.78, 5) is 49.6. The first-order valence-electron chi connectivity index (χ1n) is 14.5. The second-order valence-electron chi connectivity index (χ2n) is 11.4. The number of carboxylic acid groups (broad SMARTS) is 1. The van der Waals surface area contributed by atoms with Crippen LogP contribution in [0.2, 0.25) is 0 Å². The summed E-state index contributed by atoms with van der Waals surface area (Å²) >= 11 is 0. The van der Waals surface area contributed by atoms with Crippen molar-refractivity contribution >= 4 is 17.9 Å². The minimum absolute atomic E-state index is 0.0533. The molecule has 4 heterocycles. The molecule has 11 nitrogen and oxygen atoms in total. The molecule has 3 amide bonds. The summed E-state index contributed by atoms with van der Waals surface area (Å²) in [7, 11) is 1.70. The van der Waals surface area contributed by atoms with Gasteiger partial charge in [-0.15, -0.1) is 0 Å². The number of carbonyl (C=O) groups is 3. The van der Waals surface area contributed by atoms with Crippen LogP contribution >= 0.6 is 0 Å². The lowest BCUT2D eigenvalue weighted by Gasteiger charge is -2.43. The molecule has 1 N–H and O–H groups in total. The van der Waals surface area contributed by atoms with Crippen LogP contribution in [0.4, 0.5) is 4.79 Å². The minimum atomic E-state index is -1.06. The van der Waals surface area contributed by atoms with E-state index in [4.69, 9.17) is 14.5 Å². The first-order chi connectivity index (χ1) is 18.8. The van der Waals surface area contributed by atoms with Crippen LogP contribution in [0.1, 0.15) is 68.0 Å². The van der Waals surface area contributed by atoms with Crippen LogP contribution in [-0.2, 0) is 33.7 Å². The molecule has 1 aromatic rings. The number of piperidine rings is 1. The van der Waals surface area contributed by atoms with Gasteiger partial charge < -0.3 is 33.8 Å². The number of fused-ring (bicyclic) bond motifs is 1. The fourth-order valence-electron chi connectivity index (χ4n) is 6.11. The quantitative estimate of drug-likeness (QED) is 0.447. The maximum Gasteiger partial charge on any atom is 0.407 e. The van der Waals surface area contributed by atoms with E-state index in [1.54, 1.807) is 12.0 Å². The number of methoxy groups -OCH3 is 1. The fourth-order valence-corrected chi connectivity index (χ4v) is 6.11. The Morgan fingerprint density at radius 2 is 1.87 bits per heavy atom. The van der Waals surface area contributed by atoms with Crippen molar-refractivity contribution in [3.63, 3.8) is 0 Å². The lowest BCUT2D eigenvalue weighted by atomic mass is 9.91. The predicted molar refractivity (Wildman–Crippen MR) is 145 cm³/mol. The van der Waals surface area contributed by atoms with Gasteiger partial charge in [0.05, 0.1) is 30.9 Å². The van der Waals surface area contributed by atoms with Gasteiger partial charge in [-0.1, -0.05) is 13.8 Å². The summed E-state index contributed by atoms with van der Waals surface area (Å²) in [6.45, 7) is 8.45. The molecule has 3 aliphatic rings. The fraction of sp³-hybridized carbons (Fsp3) is 0.786. The number of morpholine rings is 1. The van der Waals surface area contributed by atoms with Crippen molar-refractivity contribution in [2.24, 2.45) is 11.8 Å². The van der Waals surface area contributed by atoms with Gasteiger partial charge in [-0.05, 0) is 44.4 Å². The van der Waals surface area contributed by atoms with E-state index in [1.807, 2.05) is 4.90 Å². The molecule has 0 spiro atoms. The monoisotopic (exact) mass is 547 g/mol. The van der Waals surface area contributed by atoms with E-state index in [2.05, 4.69) is 18.4 Å². The summed E-state index contributed by atoms with van der Waals surface area (Å²) in [5.41, 5.74) is 1.47. The molecule has 39 heavy (non-hydrogen) atoms. The molecule has 2 atom stereocenters. The highest BCUT2D eigenvalue weighted by Gasteiger charge is 2.41. The average molecular weight is 548 g/mol. The van der Waals surface area contributed by atoms with Gasteiger partial charge in [-0.25, -0.2) is 9.78 Å². The van der Waals surface area contributed by atoms with Crippen LogP contribution in [0.5, 0.6) is 0 Å². The molecule has 2 saturated heterocycles. The lowest BCUT2D eigenvalue weighted by Crippen LogP contribution is -2.58. The standard InChI is InChI=1S/C28H45N5O6/c1-20(2)17-33(22-16-21(18-31(19-22)28(36)37)26(34)30-11-14-39-15-12-30)27(35)25-23(8-5-7-13-38-3)32-10-6-4-9-24(32)29-25/h20-22H,4-19H2,1-3H3,(H,36,37)/t21-,22+/m1/s1. The van der Waals surface area contributed by atoms with E-state index in [1.165, 1.54) is 4.90 Å². The van der Waals surface area contributed by atoms with Crippen molar-refractivity contribution in [2.75, 3.05) is 59.7 Å². The SMILES string of the molecule is COCCCCc1c(C(=O)N(CC(C)C)[C@H]2C[C@@H](C(=O)N3CCOCC3)CN(C(=O)O)C2)nc2n1CCCC2. The number of amides is 3. The van der Waals surface area contributed by atoms with Gasteiger partial charge in [0.15, 0.2) is 0 Å². The Labute approximate surface area is 231 Å². The number of aryl methyl sites for hydroxylation is 1. The van der Waals surface area contributed by atoms with Gasteiger partial charge in [-0.3, -0.25) is 9.59 Å². The number of nitrogens with zero attached hydrogens (tertiary/aromatic N) is 5. The molecular formula is C28H45N5O6. The van der Waals surface area contributed by atoms with E-state index in [9.17, 15) is 19.5 Å². The Bertz CT molecular complexity index is 1000. The summed E-state index contributed by atoms with van der Waals surface area (Å²) in [6.07, 6.45) is 4.91. The van der Waals surface area contributed by atoms with Gasteiger partial charge >= 0.3 is 6.09 Å². The molecule has 0 radical (unpaired) electrons. The third-order valence-electron chi connectivity index (χ3n) is 8.03. The summed E-state index contributed by atoms with van der Waals surface area (Å²) < 4.78 is 12.9. The normalized spacial score (nSPS) is 21.6. The molecule has 11 heteroatoms. The van der Waals surface area contributed by atoms with Crippen molar-refractivity contribution in [3.05, 3.63) is 17.2 Å². The highest BCUT2D eigenvalue weighted by atomic mass is 16.5. The van der Waals surface area contributed by atoms with E-state index >= 15 is 0 Å². The number of hydrogen-bond acceptors (Lipinski definition) is 6. The highest BCUT2D eigenvalue weighted by molar-refractivity contribution is 5.94. The van der Waals surface area contributed by atoms with E-state index < -0.39 is 18.1 Å². The van der Waals surface area contributed by atoms with Gasteiger partial charge in [0.25, 0.3) is 5.91 Å². The molecule has 0 unspecified atom stereocenters. The second-order valence-corrected chi connectivity index (χ2v) is 11.4. The Morgan fingerprint density at radius 3 is 2.56 bits per heavy atom. The molecule has 3 aliphatic heterocycles. The first-order valence-corrected chi connectivity index (χ1v) is 14.5.